The van der Waals surface area contributed by atoms with E-state index in [-0.39, 0.29) is 6.67 Å². The summed E-state index contributed by atoms with van der Waals surface area (Å²) in [5, 5.41) is 0. The van der Waals surface area contributed by atoms with Crippen LogP contribution in [0.25, 0.3) is 0 Å². The summed E-state index contributed by atoms with van der Waals surface area (Å²) in [6, 6.07) is 0. The standard InChI is InChI=1S/C7H13F.C6H12.C2H6/c8-6-7-4-2-1-3-5-7;1-4-5-6(2)3;1-2/h7H,1-6H2;2,4-5H2,1,3H3;1-2H3. The van der Waals surface area contributed by atoms with Gasteiger partial charge in [0, 0.05) is 0 Å². The van der Waals surface area contributed by atoms with Crippen LogP contribution in [0.3, 0.4) is 0 Å². The molecule has 1 rings (SSSR count). The Morgan fingerprint density at radius 2 is 1.69 bits per heavy atom. The fourth-order valence-corrected chi connectivity index (χ4v) is 1.77. The number of hydrogen-bond acceptors (Lipinski definition) is 0. The van der Waals surface area contributed by atoms with Gasteiger partial charge in [-0.1, -0.05) is 52.0 Å². The van der Waals surface area contributed by atoms with Crippen LogP contribution in [0.4, 0.5) is 4.39 Å². The van der Waals surface area contributed by atoms with Crippen LogP contribution in [-0.4, -0.2) is 6.67 Å². The zero-order chi connectivity index (χ0) is 12.8. The van der Waals surface area contributed by atoms with Gasteiger partial charge in [0.15, 0.2) is 0 Å². The van der Waals surface area contributed by atoms with Crippen molar-refractivity contribution in [1.29, 1.82) is 0 Å². The Morgan fingerprint density at radius 3 is 1.88 bits per heavy atom. The highest BCUT2D eigenvalue weighted by Crippen LogP contribution is 2.23. The third kappa shape index (κ3) is 13.7. The highest BCUT2D eigenvalue weighted by Gasteiger charge is 2.11. The monoisotopic (exact) mass is 230 g/mol. The number of halogens is 1. The van der Waals surface area contributed by atoms with Crippen molar-refractivity contribution in [3.05, 3.63) is 12.2 Å². The molecule has 0 unspecified atom stereocenters. The summed E-state index contributed by atoms with van der Waals surface area (Å²) in [5.74, 6) is 0.420. The average Bonchev–Trinajstić information content (AvgIpc) is 2.33. The van der Waals surface area contributed by atoms with Crippen molar-refractivity contribution < 1.29 is 4.39 Å². The lowest BCUT2D eigenvalue weighted by atomic mass is 9.90. The van der Waals surface area contributed by atoms with Gasteiger partial charge in [-0.3, -0.25) is 4.39 Å². The molecule has 0 heterocycles. The normalized spacial score (nSPS) is 15.3. The second-order valence-corrected chi connectivity index (χ2v) is 4.37. The molecule has 0 atom stereocenters. The van der Waals surface area contributed by atoms with E-state index >= 15 is 0 Å². The highest BCUT2D eigenvalue weighted by atomic mass is 19.1. The van der Waals surface area contributed by atoms with E-state index in [1.54, 1.807) is 0 Å². The molecule has 1 heteroatoms. The number of alkyl halides is 1. The number of hydrogen-bond donors (Lipinski definition) is 0. The first-order valence-electron chi connectivity index (χ1n) is 6.91. The van der Waals surface area contributed by atoms with E-state index in [2.05, 4.69) is 20.4 Å². The van der Waals surface area contributed by atoms with E-state index in [0.717, 1.165) is 12.8 Å². The summed E-state index contributed by atoms with van der Waals surface area (Å²) >= 11 is 0. The van der Waals surface area contributed by atoms with Gasteiger partial charge in [-0.2, -0.15) is 0 Å². The van der Waals surface area contributed by atoms with Gasteiger partial charge < -0.3 is 0 Å². The molecule has 1 saturated carbocycles. The fourth-order valence-electron chi connectivity index (χ4n) is 1.77. The van der Waals surface area contributed by atoms with Crippen molar-refractivity contribution in [2.24, 2.45) is 5.92 Å². The molecule has 16 heavy (non-hydrogen) atoms. The van der Waals surface area contributed by atoms with Crippen LogP contribution in [0, 0.1) is 5.92 Å². The molecule has 0 aromatic carbocycles. The molecule has 1 fully saturated rings. The molecule has 0 aromatic rings. The minimum Gasteiger partial charge on any atom is -0.251 e. The van der Waals surface area contributed by atoms with Gasteiger partial charge in [0.1, 0.15) is 0 Å². The smallest absolute Gasteiger partial charge is 0.0922 e. The summed E-state index contributed by atoms with van der Waals surface area (Å²) in [4.78, 5) is 0. The predicted octanol–water partition coefficient (Wildman–Crippen LogP) is 5.93. The molecule has 0 bridgehead atoms. The molecule has 0 radical (unpaired) electrons. The highest BCUT2D eigenvalue weighted by molar-refractivity contribution is 4.86. The van der Waals surface area contributed by atoms with Crippen molar-refractivity contribution in [2.45, 2.75) is 72.6 Å². The minimum absolute atomic E-state index is 0.0833. The van der Waals surface area contributed by atoms with Gasteiger partial charge >= 0.3 is 0 Å². The van der Waals surface area contributed by atoms with Crippen LogP contribution < -0.4 is 0 Å². The molecule has 0 N–H and O–H groups in total. The Balaban J connectivity index is 0. The Bertz CT molecular complexity index is 134. The van der Waals surface area contributed by atoms with Gasteiger partial charge in [0.25, 0.3) is 0 Å². The minimum atomic E-state index is -0.0833. The molecule has 0 nitrogen and oxygen atoms in total. The quantitative estimate of drug-likeness (QED) is 0.527. The van der Waals surface area contributed by atoms with E-state index in [0.29, 0.717) is 5.92 Å². The Labute approximate surface area is 102 Å². The van der Waals surface area contributed by atoms with E-state index in [1.807, 2.05) is 13.8 Å². The van der Waals surface area contributed by atoms with Crippen LogP contribution in [0.5, 0.6) is 0 Å². The summed E-state index contributed by atoms with van der Waals surface area (Å²) in [5.41, 5.74) is 1.29. The van der Waals surface area contributed by atoms with Gasteiger partial charge in [-0.05, 0) is 32.1 Å². The van der Waals surface area contributed by atoms with Crippen LogP contribution in [0.2, 0.25) is 0 Å². The molecule has 0 aliphatic heterocycles. The summed E-state index contributed by atoms with van der Waals surface area (Å²) in [7, 11) is 0. The third-order valence-electron chi connectivity index (χ3n) is 2.62. The molecule has 0 aromatic heterocycles. The Hall–Kier alpha value is -0.330. The first-order chi connectivity index (χ1) is 7.70. The maximum absolute atomic E-state index is 11.9. The fraction of sp³-hybridized carbons (Fsp3) is 0.867. The zero-order valence-electron chi connectivity index (χ0n) is 11.8. The lowest BCUT2D eigenvalue weighted by Gasteiger charge is -2.17. The zero-order valence-corrected chi connectivity index (χ0v) is 11.8. The van der Waals surface area contributed by atoms with Gasteiger partial charge in [0.2, 0.25) is 0 Å². The van der Waals surface area contributed by atoms with Crippen molar-refractivity contribution in [1.82, 2.24) is 0 Å². The summed E-state index contributed by atoms with van der Waals surface area (Å²) in [6.07, 6.45) is 8.53. The Kier molecular flexibility index (Phi) is 16.5. The second-order valence-electron chi connectivity index (χ2n) is 4.37. The maximum Gasteiger partial charge on any atom is 0.0922 e. The van der Waals surface area contributed by atoms with E-state index in [4.69, 9.17) is 0 Å². The molecule has 1 aliphatic rings. The topological polar surface area (TPSA) is 0 Å². The van der Waals surface area contributed by atoms with Crippen LogP contribution in [-0.2, 0) is 0 Å². The van der Waals surface area contributed by atoms with E-state index in [1.165, 1.54) is 37.7 Å². The largest absolute Gasteiger partial charge is 0.251 e. The van der Waals surface area contributed by atoms with Crippen molar-refractivity contribution in [2.75, 3.05) is 6.67 Å². The first-order valence-corrected chi connectivity index (χ1v) is 6.91. The van der Waals surface area contributed by atoms with E-state index < -0.39 is 0 Å². The maximum atomic E-state index is 11.9. The average molecular weight is 230 g/mol. The van der Waals surface area contributed by atoms with Gasteiger partial charge in [0.05, 0.1) is 6.67 Å². The molecular formula is C15H31F. The lowest BCUT2D eigenvalue weighted by molar-refractivity contribution is 0.281. The predicted molar refractivity (Wildman–Crippen MR) is 73.6 cm³/mol. The summed E-state index contributed by atoms with van der Waals surface area (Å²) < 4.78 is 11.9. The summed E-state index contributed by atoms with van der Waals surface area (Å²) in [6.45, 7) is 11.9. The first kappa shape index (κ1) is 18.0. The Morgan fingerprint density at radius 1 is 1.19 bits per heavy atom. The third-order valence-corrected chi connectivity index (χ3v) is 2.62. The molecule has 0 spiro atoms. The van der Waals surface area contributed by atoms with Crippen LogP contribution >= 0.6 is 0 Å². The number of allylic oxidation sites excluding steroid dienone is 1. The van der Waals surface area contributed by atoms with Crippen LogP contribution in [0.1, 0.15) is 72.6 Å². The molecule has 98 valence electrons. The second kappa shape index (κ2) is 14.7. The molecule has 0 saturated heterocycles. The molecular weight excluding hydrogens is 199 g/mol. The van der Waals surface area contributed by atoms with Crippen LogP contribution in [0.15, 0.2) is 12.2 Å². The molecule has 0 amide bonds. The van der Waals surface area contributed by atoms with Crippen molar-refractivity contribution in [3.63, 3.8) is 0 Å². The van der Waals surface area contributed by atoms with Crippen molar-refractivity contribution in [3.8, 4) is 0 Å². The lowest BCUT2D eigenvalue weighted by Crippen LogP contribution is -2.07. The number of rotatable bonds is 3. The SMILES string of the molecule is C=C(C)CCC.CC.FCC1CCCCC1. The molecule has 1 aliphatic carbocycles. The van der Waals surface area contributed by atoms with E-state index in [9.17, 15) is 4.39 Å². The van der Waals surface area contributed by atoms with Crippen molar-refractivity contribution >= 4 is 0 Å². The van der Waals surface area contributed by atoms with Gasteiger partial charge in [-0.25, -0.2) is 0 Å². The van der Waals surface area contributed by atoms with Gasteiger partial charge in [-0.15, -0.1) is 6.58 Å².